The minimum atomic E-state index is -4.89. The number of anilines is 1. The number of ether oxygens (including phenoxy) is 1. The van der Waals surface area contributed by atoms with Crippen LogP contribution in [-0.2, 0) is 27.7 Å². The quantitative estimate of drug-likeness (QED) is 0.393. The standard InChI is InChI=1S/C19H21F4N3O3S2/c1-26-9-13(30(2,28)25-17-10-31(17)6-5-29-11-31)8-16(26)18(27)24-12-3-4-15(20)14(7-12)19(21,22)23/h3-4,7-9,17H,2,5-6,10-11H2,1H3,(H,24,27)(H,25,28)/t17-,30?/m1/s1. The molecule has 0 saturated carbocycles. The van der Waals surface area contributed by atoms with Gasteiger partial charge in [-0.05, 0) is 30.1 Å². The molecule has 1 aromatic carbocycles. The average molecular weight is 480 g/mol. The van der Waals surface area contributed by atoms with Gasteiger partial charge in [-0.3, -0.25) is 4.79 Å². The molecule has 1 spiro atoms. The number of carbonyl (C=O) groups excluding carboxylic acids is 1. The molecule has 2 fully saturated rings. The van der Waals surface area contributed by atoms with E-state index in [1.807, 2.05) is 0 Å². The fraction of sp³-hybridized carbons (Fsp3) is 0.368. The van der Waals surface area contributed by atoms with Gasteiger partial charge in [0, 0.05) is 30.4 Å². The molecule has 2 N–H and O–H groups in total. The van der Waals surface area contributed by atoms with Crippen molar-refractivity contribution in [3.8, 4) is 0 Å². The molecule has 12 heteroatoms. The number of aryl methyl sites for hydroxylation is 1. The van der Waals surface area contributed by atoms with E-state index in [4.69, 9.17) is 4.74 Å². The Hall–Kier alpha value is -2.02. The van der Waals surface area contributed by atoms with Crippen molar-refractivity contribution >= 4 is 37.2 Å². The Morgan fingerprint density at radius 1 is 1.35 bits per heavy atom. The zero-order valence-electron chi connectivity index (χ0n) is 16.5. The highest BCUT2D eigenvalue weighted by Crippen LogP contribution is 2.69. The fourth-order valence-electron chi connectivity index (χ4n) is 3.50. The van der Waals surface area contributed by atoms with Crippen molar-refractivity contribution < 1.29 is 31.3 Å². The molecule has 0 bridgehead atoms. The number of carbonyl (C=O) groups is 1. The number of alkyl halides is 3. The third-order valence-electron chi connectivity index (χ3n) is 5.37. The molecule has 3 atom stereocenters. The summed E-state index contributed by atoms with van der Waals surface area (Å²) in [7, 11) is -2.25. The van der Waals surface area contributed by atoms with Gasteiger partial charge >= 0.3 is 6.18 Å². The second-order valence-corrected chi connectivity index (χ2v) is 13.4. The van der Waals surface area contributed by atoms with E-state index < -0.39 is 43.2 Å². The summed E-state index contributed by atoms with van der Waals surface area (Å²) >= 11 is 0. The van der Waals surface area contributed by atoms with Gasteiger partial charge in [-0.2, -0.15) is 23.2 Å². The van der Waals surface area contributed by atoms with Crippen molar-refractivity contribution in [3.05, 3.63) is 47.5 Å². The zero-order valence-corrected chi connectivity index (χ0v) is 18.1. The first-order valence-electron chi connectivity index (χ1n) is 9.23. The van der Waals surface area contributed by atoms with Gasteiger partial charge in [-0.1, -0.05) is 0 Å². The smallest absolute Gasteiger partial charge is 0.371 e. The lowest BCUT2D eigenvalue weighted by Gasteiger charge is -2.15. The summed E-state index contributed by atoms with van der Waals surface area (Å²) in [6.45, 7) is 0.709. The highest BCUT2D eigenvalue weighted by atomic mass is 32.3. The molecule has 2 aromatic rings. The summed E-state index contributed by atoms with van der Waals surface area (Å²) in [5, 5.41) is 2.42. The monoisotopic (exact) mass is 479 g/mol. The van der Waals surface area contributed by atoms with Gasteiger partial charge in [-0.25, -0.2) is 13.3 Å². The molecule has 1 amide bonds. The Bertz CT molecular complexity index is 1140. The van der Waals surface area contributed by atoms with Crippen LogP contribution in [0.3, 0.4) is 0 Å². The van der Waals surface area contributed by atoms with Gasteiger partial charge in [0.25, 0.3) is 5.91 Å². The van der Waals surface area contributed by atoms with Crippen LogP contribution in [0.4, 0.5) is 23.2 Å². The van der Waals surface area contributed by atoms with E-state index in [1.165, 1.54) is 16.8 Å². The Morgan fingerprint density at radius 3 is 2.74 bits per heavy atom. The van der Waals surface area contributed by atoms with Crippen molar-refractivity contribution in [2.75, 3.05) is 29.4 Å². The van der Waals surface area contributed by atoms with Crippen LogP contribution in [0.5, 0.6) is 0 Å². The maximum Gasteiger partial charge on any atom is 0.419 e. The number of aromatic nitrogens is 1. The van der Waals surface area contributed by atoms with E-state index >= 15 is 0 Å². The molecular weight excluding hydrogens is 458 g/mol. The minimum Gasteiger partial charge on any atom is -0.371 e. The molecule has 31 heavy (non-hydrogen) atoms. The van der Waals surface area contributed by atoms with Crippen LogP contribution in [0.25, 0.3) is 0 Å². The summed E-state index contributed by atoms with van der Waals surface area (Å²) in [4.78, 5) is 12.9. The maximum atomic E-state index is 13.5. The zero-order chi connectivity index (χ0) is 22.6. The molecule has 2 aliphatic rings. The van der Waals surface area contributed by atoms with Gasteiger partial charge in [0.05, 0.1) is 38.1 Å². The van der Waals surface area contributed by atoms with E-state index in [1.54, 1.807) is 7.05 Å². The van der Waals surface area contributed by atoms with Gasteiger partial charge < -0.3 is 14.6 Å². The lowest BCUT2D eigenvalue weighted by atomic mass is 10.1. The molecule has 0 radical (unpaired) electrons. The average Bonchev–Trinajstić information content (AvgIpc) is 2.99. The molecule has 2 saturated heterocycles. The van der Waals surface area contributed by atoms with Crippen molar-refractivity contribution in [1.82, 2.24) is 9.29 Å². The van der Waals surface area contributed by atoms with E-state index in [-0.39, 0.29) is 16.8 Å². The highest BCUT2D eigenvalue weighted by molar-refractivity contribution is 8.40. The van der Waals surface area contributed by atoms with Crippen LogP contribution in [-0.4, -0.2) is 50.0 Å². The van der Waals surface area contributed by atoms with Crippen molar-refractivity contribution in [2.45, 2.75) is 16.4 Å². The molecule has 0 aliphatic carbocycles. The van der Waals surface area contributed by atoms with Gasteiger partial charge in [0.1, 0.15) is 11.5 Å². The number of amides is 1. The second-order valence-electron chi connectivity index (χ2n) is 7.61. The van der Waals surface area contributed by atoms with Crippen LogP contribution in [0.2, 0.25) is 0 Å². The van der Waals surface area contributed by atoms with Gasteiger partial charge in [0.2, 0.25) is 0 Å². The lowest BCUT2D eigenvalue weighted by molar-refractivity contribution is -0.139. The van der Waals surface area contributed by atoms with E-state index in [0.717, 1.165) is 17.6 Å². The molecule has 6 nitrogen and oxygen atoms in total. The summed E-state index contributed by atoms with van der Waals surface area (Å²) in [5.41, 5.74) is -1.60. The number of benzene rings is 1. The van der Waals surface area contributed by atoms with Crippen LogP contribution in [0.1, 0.15) is 16.1 Å². The summed E-state index contributed by atoms with van der Waals surface area (Å²) in [6.07, 6.45) is -3.39. The summed E-state index contributed by atoms with van der Waals surface area (Å²) < 4.78 is 75.3. The second kappa shape index (κ2) is 7.54. The number of rotatable bonds is 5. The number of nitrogens with zero attached hydrogens (tertiary/aromatic N) is 1. The Morgan fingerprint density at radius 2 is 2.10 bits per heavy atom. The Kier molecular flexibility index (Phi) is 5.39. The molecular formula is C19H21F4N3O3S2. The van der Waals surface area contributed by atoms with Gasteiger partial charge in [-0.15, -0.1) is 0 Å². The van der Waals surface area contributed by atoms with E-state index in [2.05, 4.69) is 15.9 Å². The molecule has 2 aliphatic heterocycles. The lowest BCUT2D eigenvalue weighted by Crippen LogP contribution is -2.27. The number of hydrogen-bond acceptors (Lipinski definition) is 3. The molecule has 2 unspecified atom stereocenters. The third kappa shape index (κ3) is 4.34. The van der Waals surface area contributed by atoms with Crippen molar-refractivity contribution in [1.29, 1.82) is 0 Å². The third-order valence-corrected chi connectivity index (χ3v) is 10.8. The van der Waals surface area contributed by atoms with Crippen molar-refractivity contribution in [3.63, 3.8) is 0 Å². The maximum absolute atomic E-state index is 13.5. The van der Waals surface area contributed by atoms with Crippen molar-refractivity contribution in [2.24, 2.45) is 7.05 Å². The van der Waals surface area contributed by atoms with Crippen LogP contribution >= 0.6 is 10.0 Å². The first-order valence-corrected chi connectivity index (χ1v) is 13.2. The molecule has 1 aromatic heterocycles. The minimum absolute atomic E-state index is 0.0770. The summed E-state index contributed by atoms with van der Waals surface area (Å²) in [5.74, 6) is 4.24. The van der Waals surface area contributed by atoms with E-state index in [9.17, 15) is 26.6 Å². The molecule has 4 rings (SSSR count). The Labute approximate surface area is 178 Å². The largest absolute Gasteiger partial charge is 0.419 e. The molecule has 170 valence electrons. The highest BCUT2D eigenvalue weighted by Gasteiger charge is 2.52. The predicted octanol–water partition coefficient (Wildman–Crippen LogP) is 3.15. The predicted molar refractivity (Wildman–Crippen MR) is 113 cm³/mol. The van der Waals surface area contributed by atoms with Crippen LogP contribution in [0.15, 0.2) is 35.4 Å². The topological polar surface area (TPSA) is 72.4 Å². The first kappa shape index (κ1) is 22.2. The van der Waals surface area contributed by atoms with Gasteiger partial charge in [0.15, 0.2) is 0 Å². The SMILES string of the molecule is C=S(=O)(N[C@H]1CS12CCOC2)c1cc(C(=O)Nc2ccc(F)c(C(F)(F)F)c2)n(C)c1. The van der Waals surface area contributed by atoms with Crippen LogP contribution < -0.4 is 10.0 Å². The fourth-order valence-corrected chi connectivity index (χ4v) is 9.08. The van der Waals surface area contributed by atoms with E-state index in [0.29, 0.717) is 29.6 Å². The number of hydrogen-bond donors (Lipinski definition) is 2. The number of nitrogens with one attached hydrogen (secondary N) is 2. The Balaban J connectivity index is 1.50. The molecule has 3 heterocycles. The summed E-state index contributed by atoms with van der Waals surface area (Å²) in [6, 6.07) is 3.60. The van der Waals surface area contributed by atoms with Crippen LogP contribution in [0, 0.1) is 5.82 Å². The first-order chi connectivity index (χ1) is 14.4. The normalized spacial score (nSPS) is 26.9. The number of halogens is 4.